The van der Waals surface area contributed by atoms with Crippen LogP contribution in [0.15, 0.2) is 329 Å². The van der Waals surface area contributed by atoms with Gasteiger partial charge in [0.05, 0.1) is 59.2 Å². The van der Waals surface area contributed by atoms with Crippen LogP contribution in [0.5, 0.6) is 0 Å². The Morgan fingerprint density at radius 3 is 1.20 bits per heavy atom. The number of fused-ring (bicyclic) bond motifs is 3. The van der Waals surface area contributed by atoms with Crippen molar-refractivity contribution >= 4 is 103 Å². The highest BCUT2D eigenvalue weighted by Gasteiger charge is 2.66. The van der Waals surface area contributed by atoms with E-state index in [1.54, 1.807) is 6.92 Å². The summed E-state index contributed by atoms with van der Waals surface area (Å²) >= 11 is 0. The summed E-state index contributed by atoms with van der Waals surface area (Å²) in [4.78, 5) is 70.8. The van der Waals surface area contributed by atoms with Gasteiger partial charge in [-0.05, 0) is 247 Å². The van der Waals surface area contributed by atoms with Crippen LogP contribution < -0.4 is 0 Å². The summed E-state index contributed by atoms with van der Waals surface area (Å²) in [7, 11) is -12.0. The van der Waals surface area contributed by atoms with Crippen LogP contribution in [0.4, 0.5) is 0 Å². The molecule has 8 aliphatic carbocycles. The number of ketones is 2. The molecule has 128 heavy (non-hydrogen) atoms. The minimum absolute atomic E-state index is 0.0146. The highest BCUT2D eigenvalue weighted by atomic mass is 32.2. The van der Waals surface area contributed by atoms with Crippen molar-refractivity contribution in [2.75, 3.05) is 42.0 Å². The van der Waals surface area contributed by atoms with Crippen LogP contribution in [-0.4, -0.2) is 123 Å². The normalized spacial score (nSPS) is 23.6. The first-order valence-electron chi connectivity index (χ1n) is 44.2. The van der Waals surface area contributed by atoms with E-state index >= 15 is 0 Å². The quantitative estimate of drug-likeness (QED) is 0.0116. The summed E-state index contributed by atoms with van der Waals surface area (Å²) in [5.41, 5.74) is 3.13. The number of carbonyl (C=O) groups excluding carboxylic acids is 5. The Bertz CT molecular complexity index is 5350. The lowest BCUT2D eigenvalue weighted by Crippen LogP contribution is -2.50. The average molecular weight is 1860 g/mol. The molecule has 0 radical (unpaired) electrons. The van der Waals surface area contributed by atoms with Gasteiger partial charge in [0.1, 0.15) is 58.6 Å². The number of benzene rings is 10. The summed E-state index contributed by atoms with van der Waals surface area (Å²) in [6.45, 7) is 11.5. The van der Waals surface area contributed by atoms with E-state index in [4.69, 9.17) is 13.7 Å². The van der Waals surface area contributed by atoms with Crippen LogP contribution in [0, 0.1) is 72.5 Å². The zero-order chi connectivity index (χ0) is 90.8. The molecule has 20 rings (SSSR count). The maximum absolute atomic E-state index is 12.5. The Morgan fingerprint density at radius 1 is 0.484 bits per heavy atom. The molecule has 8 saturated carbocycles. The van der Waals surface area contributed by atoms with Gasteiger partial charge in [-0.25, -0.2) is 16.8 Å². The molecule has 10 aliphatic rings. The van der Waals surface area contributed by atoms with E-state index in [0.29, 0.717) is 60.1 Å². The van der Waals surface area contributed by atoms with Gasteiger partial charge in [-0.1, -0.05) is 213 Å². The second-order valence-electron chi connectivity index (χ2n) is 35.3. The number of Topliss-reactive ketones (excluding diaryl/α,β-unsaturated/α-hetero) is 2. The fourth-order valence-electron chi connectivity index (χ4n) is 20.0. The molecule has 7 atom stereocenters. The van der Waals surface area contributed by atoms with Crippen molar-refractivity contribution in [1.82, 2.24) is 0 Å². The van der Waals surface area contributed by atoms with Crippen LogP contribution in [0.2, 0.25) is 0 Å². The highest BCUT2D eigenvalue weighted by molar-refractivity contribution is 7.98. The zero-order valence-corrected chi connectivity index (χ0v) is 79.2. The lowest BCUT2D eigenvalue weighted by atomic mass is 9.49. The Labute approximate surface area is 768 Å². The molecule has 10 fully saturated rings. The Kier molecular flexibility index (Phi) is 33.1. The number of hydrogen-bond donors (Lipinski definition) is 0. The molecule has 0 N–H and O–H groups in total. The number of ether oxygens (including phenoxy) is 3. The summed E-state index contributed by atoms with van der Waals surface area (Å²) in [6.07, 6.45) is 11.9. The summed E-state index contributed by atoms with van der Waals surface area (Å²) in [6, 6.07) is 101. The summed E-state index contributed by atoms with van der Waals surface area (Å²) < 4.78 is 107. The molecule has 8 bridgehead atoms. The second kappa shape index (κ2) is 43.9. The topological polar surface area (TPSA) is 271 Å². The summed E-state index contributed by atoms with van der Waals surface area (Å²) in [5, 5.41) is -0.348. The maximum Gasteiger partial charge on any atom is 0.320 e. The van der Waals surface area contributed by atoms with E-state index in [9.17, 15) is 58.3 Å². The number of esters is 3. The molecule has 10 aromatic carbocycles. The molecule has 17 nitrogen and oxygen atoms in total. The number of carbonyl (C=O) groups is 5. The zero-order valence-electron chi connectivity index (χ0n) is 73.5. The predicted octanol–water partition coefficient (Wildman–Crippen LogP) is 19.8. The first kappa shape index (κ1) is 96.6. The van der Waals surface area contributed by atoms with Crippen molar-refractivity contribution in [2.24, 2.45) is 51.8 Å². The van der Waals surface area contributed by atoms with Gasteiger partial charge in [0.15, 0.2) is 49.8 Å². The van der Waals surface area contributed by atoms with Crippen LogP contribution in [0.25, 0.3) is 0 Å². The highest BCUT2D eigenvalue weighted by Crippen LogP contribution is 2.65. The molecule has 24 heteroatoms. The number of hydrogen-bond acceptors (Lipinski definition) is 17. The fraction of sp³-hybridized carbons (Fsp3) is 0.375. The van der Waals surface area contributed by atoms with E-state index in [-0.39, 0.29) is 104 Å². The van der Waals surface area contributed by atoms with Gasteiger partial charge in [0.2, 0.25) is 5.78 Å². The maximum atomic E-state index is 12.5. The van der Waals surface area contributed by atoms with Crippen molar-refractivity contribution in [3.05, 3.63) is 307 Å². The van der Waals surface area contributed by atoms with Crippen molar-refractivity contribution in [3.8, 4) is 0 Å². The predicted molar refractivity (Wildman–Crippen MR) is 505 cm³/mol. The average Bonchev–Trinajstić information content (AvgIpc) is 1.48. The number of rotatable bonds is 22. The number of aryl methyl sites for hydroxylation is 3. The van der Waals surface area contributed by atoms with Gasteiger partial charge in [-0.2, -0.15) is 8.42 Å². The first-order chi connectivity index (χ1) is 61.4. The van der Waals surface area contributed by atoms with Crippen LogP contribution in [0.3, 0.4) is 0 Å². The van der Waals surface area contributed by atoms with E-state index in [1.165, 1.54) is 104 Å². The van der Waals surface area contributed by atoms with Crippen molar-refractivity contribution in [1.29, 1.82) is 0 Å². The van der Waals surface area contributed by atoms with Gasteiger partial charge < -0.3 is 23.3 Å². The van der Waals surface area contributed by atoms with Gasteiger partial charge in [-0.3, -0.25) is 28.2 Å². The third-order valence-corrected chi connectivity index (χ3v) is 38.4. The van der Waals surface area contributed by atoms with Gasteiger partial charge in [0, 0.05) is 35.7 Å². The lowest BCUT2D eigenvalue weighted by molar-refractivity contribution is -0.174. The van der Waals surface area contributed by atoms with Crippen LogP contribution in [-0.2, 0) is 112 Å². The third kappa shape index (κ3) is 25.0. The molecule has 0 aromatic heterocycles. The van der Waals surface area contributed by atoms with E-state index < -0.39 is 59.3 Å². The van der Waals surface area contributed by atoms with Crippen molar-refractivity contribution in [2.45, 2.75) is 193 Å². The Morgan fingerprint density at radius 2 is 0.852 bits per heavy atom. The molecule has 2 saturated heterocycles. The van der Waals surface area contributed by atoms with Gasteiger partial charge in [-0.15, -0.1) is 0 Å². The molecule has 2 heterocycles. The SMILES string of the molecule is CC1(C)C2CCC1(CS(=O)(=O)[O-])C(=O)C2.CCC(=O)OC1C2CC3C1OS(=O)(=O)C3C2.Cc1ccc(C(=O)C[S+]2CCCC2)cc1.Cc1ccc([S+](c2ccccc2)c2ccccc2)cc1.Cc1ccc([S+](c2ccccc2)c2ccccc2)cc1.O=C(CS(=O)(=O)[O-])OCCOC(=O)C12CC3CC(CC(C3)C1)C2.c1ccc([S+](c2ccccc2)c2ccccc2)cc1. The summed E-state index contributed by atoms with van der Waals surface area (Å²) in [5.74, 6) is 2.69. The smallest absolute Gasteiger partial charge is 0.320 e. The van der Waals surface area contributed by atoms with Crippen LogP contribution >= 0.6 is 0 Å². The van der Waals surface area contributed by atoms with Gasteiger partial charge in [0.25, 0.3) is 10.1 Å². The van der Waals surface area contributed by atoms with E-state index in [1.807, 2.05) is 45.0 Å². The van der Waals surface area contributed by atoms with E-state index in [2.05, 4.69) is 279 Å². The molecule has 10 aromatic rings. The van der Waals surface area contributed by atoms with Crippen molar-refractivity contribution < 1.29 is 76.7 Å². The minimum atomic E-state index is -4.64. The molecule has 0 spiro atoms. The first-order valence-corrected chi connectivity index (χ1v) is 54.2. The second-order valence-corrected chi connectivity index (χ2v) is 48.3. The Hall–Kier alpha value is -8.92. The monoisotopic (exact) mass is 1860 g/mol. The van der Waals surface area contributed by atoms with Crippen molar-refractivity contribution in [3.63, 3.8) is 0 Å². The molecule has 0 amide bonds. The standard InChI is InChI=1S/2C19H17S.C18H15S.C15H22O7S.C13H17OS.C10H14O5S.C10H16O4S/c2*1-16-12-14-19(15-13-16)20(17-8-4-2-5-9-17)18-10-6-3-7-11-18;1-4-10-16(11-5-1)19(17-12-6-2-7-13-17)18-14-8-3-9-15-18;16-13(9-23(18,19)20)21-1-2-22-14(17)15-6-10-3-11(7-15)5-12(4-10)8-15;1-11-4-6-12(7-5-11)13(14)10-15-8-2-3-9-15;1-2-8(11)14-9-5-3-6-7(4-5)16(12,13)15-10(6)9;1-9(2)7-3-4-10(9,8(11)5-7)6-15(12,13)14/h2*2-15H,1H3;1-15H;10-12H,1-9H2,(H,18,19,20);4-7H,2-3,8-10H2,1H3;5-7,9-10H,2-4H2,1H3;7H,3-6H2,1-2H3,(H,12,13,14)/q3*+1;;+1;;/p-2. The minimum Gasteiger partial charge on any atom is -0.748 e. The third-order valence-electron chi connectivity index (χ3n) is 26.1. The molecule has 7 unspecified atom stereocenters. The molecular formula is C104H116O17S7+2. The molecule has 2 aliphatic heterocycles. The van der Waals surface area contributed by atoms with Crippen LogP contribution in [0.1, 0.15) is 138 Å². The fourth-order valence-corrected chi connectivity index (χ4v) is 32.1. The van der Waals surface area contributed by atoms with E-state index in [0.717, 1.165) is 43.4 Å². The lowest BCUT2D eigenvalue weighted by Gasteiger charge is -2.55. The molecule has 674 valence electrons. The Balaban J connectivity index is 0.000000128. The largest absolute Gasteiger partial charge is 0.748 e. The molecular weight excluding hydrogens is 1750 g/mol. The van der Waals surface area contributed by atoms with Gasteiger partial charge >= 0.3 is 17.9 Å².